The summed E-state index contributed by atoms with van der Waals surface area (Å²) in [6.07, 6.45) is -7.50. The van der Waals surface area contributed by atoms with Gasteiger partial charge in [0.2, 0.25) is 0 Å². The molecule has 0 saturated carbocycles. The molecule has 5 N–H and O–H groups in total. The fraction of sp³-hybridized carbons (Fsp3) is 0.542. The normalized spacial score (nSPS) is 27.8. The van der Waals surface area contributed by atoms with Gasteiger partial charge >= 0.3 is 5.97 Å². The van der Waals surface area contributed by atoms with Crippen molar-refractivity contribution in [2.75, 3.05) is 25.6 Å². The molecule has 0 amide bonds. The number of sulfone groups is 1. The zero-order valence-electron chi connectivity index (χ0n) is 21.5. The third-order valence-corrected chi connectivity index (χ3v) is 8.50. The Bertz CT molecular complexity index is 1260. The summed E-state index contributed by atoms with van der Waals surface area (Å²) in [6, 6.07) is 5.53. The summed E-state index contributed by atoms with van der Waals surface area (Å²) in [6.45, 7) is 3.03. The van der Waals surface area contributed by atoms with Crippen molar-refractivity contribution in [2.45, 2.75) is 57.4 Å². The molecule has 14 nitrogen and oxygen atoms in total. The minimum atomic E-state index is -3.94. The highest BCUT2D eigenvalue weighted by Gasteiger charge is 2.44. The van der Waals surface area contributed by atoms with Crippen molar-refractivity contribution in [1.82, 2.24) is 5.32 Å². The molecule has 15 heteroatoms. The van der Waals surface area contributed by atoms with Crippen molar-refractivity contribution in [3.05, 3.63) is 61.8 Å². The van der Waals surface area contributed by atoms with E-state index in [9.17, 15) is 43.8 Å². The number of para-hydroxylation sites is 1. The molecule has 0 aromatic heterocycles. The van der Waals surface area contributed by atoms with Crippen LogP contribution in [0.4, 0.5) is 5.69 Å². The second-order valence-corrected chi connectivity index (χ2v) is 11.3. The number of aliphatic hydroxyl groups excluding tert-OH is 4. The monoisotopic (exact) mass is 572 g/mol. The third kappa shape index (κ3) is 6.30. The summed E-state index contributed by atoms with van der Waals surface area (Å²) in [7, 11) is -3.94. The van der Waals surface area contributed by atoms with Crippen LogP contribution in [0.15, 0.2) is 46.1 Å². The first kappa shape index (κ1) is 30.6. The van der Waals surface area contributed by atoms with E-state index in [4.69, 9.17) is 14.2 Å². The summed E-state index contributed by atoms with van der Waals surface area (Å²) < 4.78 is 42.1. The molecular weight excluding hydrogens is 540 g/mol. The minimum Gasteiger partial charge on any atom is -0.460 e. The van der Waals surface area contributed by atoms with Gasteiger partial charge in [0.15, 0.2) is 16.1 Å². The van der Waals surface area contributed by atoms with Gasteiger partial charge < -0.3 is 40.0 Å². The Kier molecular flexibility index (Phi) is 9.82. The van der Waals surface area contributed by atoms with E-state index in [0.717, 1.165) is 0 Å². The van der Waals surface area contributed by atoms with Crippen LogP contribution in [-0.2, 0) is 28.8 Å². The van der Waals surface area contributed by atoms with Gasteiger partial charge in [0.25, 0.3) is 5.69 Å². The fourth-order valence-corrected chi connectivity index (χ4v) is 6.02. The first-order chi connectivity index (χ1) is 18.3. The number of nitro groups is 1. The van der Waals surface area contributed by atoms with Crippen LogP contribution in [0.5, 0.6) is 0 Å². The minimum absolute atomic E-state index is 0.000700. The zero-order valence-corrected chi connectivity index (χ0v) is 22.3. The summed E-state index contributed by atoms with van der Waals surface area (Å²) in [5.41, 5.74) is -0.0513. The average molecular weight is 573 g/mol. The largest absolute Gasteiger partial charge is 0.460 e. The molecule has 0 spiro atoms. The summed E-state index contributed by atoms with van der Waals surface area (Å²) in [5.74, 6) is -2.60. The van der Waals surface area contributed by atoms with E-state index >= 15 is 0 Å². The molecule has 6 atom stereocenters. The molecule has 1 aromatic rings. The Labute approximate surface area is 224 Å². The van der Waals surface area contributed by atoms with Crippen molar-refractivity contribution in [2.24, 2.45) is 0 Å². The standard InChI is InChI=1S/C24H32N2O12S/c1-4-39(34,35)22-13(3)25-12(2)17(18(22)14-7-5-6-8-15(14)26(32)33)23(31)36-9-10-37-24-21(30)20(29)19(28)16(11-27)38-24/h5-8,16,18-21,24-25,27-30H,4,9-11H2,1-3H3/t16-,18?,19-,20+,21-,24+/m1/s1. The smallest absolute Gasteiger partial charge is 0.336 e. The number of nitrogens with one attached hydrogen (secondary N) is 1. The Morgan fingerprint density at radius 1 is 1.10 bits per heavy atom. The lowest BCUT2D eigenvalue weighted by molar-refractivity contribution is -0.385. The highest BCUT2D eigenvalue weighted by molar-refractivity contribution is 7.95. The average Bonchev–Trinajstić information content (AvgIpc) is 2.90. The van der Waals surface area contributed by atoms with Crippen LogP contribution in [0, 0.1) is 10.1 Å². The van der Waals surface area contributed by atoms with E-state index in [2.05, 4.69) is 5.32 Å². The first-order valence-electron chi connectivity index (χ1n) is 12.1. The van der Waals surface area contributed by atoms with Crippen molar-refractivity contribution >= 4 is 21.5 Å². The molecule has 2 aliphatic rings. The van der Waals surface area contributed by atoms with Gasteiger partial charge in [-0.2, -0.15) is 0 Å². The van der Waals surface area contributed by atoms with Crippen LogP contribution in [0.3, 0.4) is 0 Å². The van der Waals surface area contributed by atoms with Gasteiger partial charge in [-0.3, -0.25) is 10.1 Å². The van der Waals surface area contributed by atoms with Crippen LogP contribution >= 0.6 is 0 Å². The fourth-order valence-electron chi connectivity index (χ4n) is 4.59. The second-order valence-electron chi connectivity index (χ2n) is 9.01. The highest BCUT2D eigenvalue weighted by atomic mass is 32.2. The molecule has 0 aliphatic carbocycles. The predicted molar refractivity (Wildman–Crippen MR) is 135 cm³/mol. The van der Waals surface area contributed by atoms with Crippen LogP contribution < -0.4 is 5.32 Å². The molecule has 2 heterocycles. The Morgan fingerprint density at radius 2 is 1.77 bits per heavy atom. The molecule has 0 bridgehead atoms. The van der Waals surface area contributed by atoms with Crippen molar-refractivity contribution in [3.8, 4) is 0 Å². The second kappa shape index (κ2) is 12.5. The van der Waals surface area contributed by atoms with Crippen LogP contribution in [-0.4, -0.2) is 96.0 Å². The molecule has 3 rings (SSSR count). The highest BCUT2D eigenvalue weighted by Crippen LogP contribution is 2.44. The van der Waals surface area contributed by atoms with Gasteiger partial charge in [0.05, 0.1) is 40.3 Å². The quantitative estimate of drug-likeness (QED) is 0.104. The number of aliphatic hydroxyl groups is 4. The topological polar surface area (TPSA) is 215 Å². The Balaban J connectivity index is 1.85. The lowest BCUT2D eigenvalue weighted by atomic mass is 9.85. The third-order valence-electron chi connectivity index (χ3n) is 6.53. The van der Waals surface area contributed by atoms with Gasteiger partial charge in [-0.05, 0) is 13.8 Å². The molecule has 39 heavy (non-hydrogen) atoms. The SMILES string of the molecule is CCS(=O)(=O)C1=C(C)NC(C)=C(C(=O)OCCO[C@H]2O[C@H](CO)[C@@H](O)[C@H](O)[C@H]2O)C1c1ccccc1[N+](=O)[O-]. The van der Waals surface area contributed by atoms with Gasteiger partial charge in [-0.25, -0.2) is 13.2 Å². The molecule has 1 unspecified atom stereocenters. The van der Waals surface area contributed by atoms with Gasteiger partial charge in [0, 0.05) is 23.0 Å². The number of ether oxygens (including phenoxy) is 3. The molecule has 1 aromatic carbocycles. The summed E-state index contributed by atoms with van der Waals surface area (Å²) >= 11 is 0. The number of allylic oxidation sites excluding steroid dienone is 3. The van der Waals surface area contributed by atoms with E-state index in [1.165, 1.54) is 45.0 Å². The Hall–Kier alpha value is -2.92. The lowest BCUT2D eigenvalue weighted by Gasteiger charge is -2.39. The van der Waals surface area contributed by atoms with Crippen molar-refractivity contribution < 1.29 is 52.8 Å². The molecule has 1 saturated heterocycles. The molecular formula is C24H32N2O12S. The van der Waals surface area contributed by atoms with Crippen LogP contribution in [0.1, 0.15) is 32.3 Å². The Morgan fingerprint density at radius 3 is 2.38 bits per heavy atom. The van der Waals surface area contributed by atoms with Crippen molar-refractivity contribution in [1.29, 1.82) is 0 Å². The molecule has 2 aliphatic heterocycles. The molecule has 1 fully saturated rings. The number of dihydropyridines is 1. The number of esters is 1. The molecule has 0 radical (unpaired) electrons. The number of hydrogen-bond acceptors (Lipinski definition) is 13. The van der Waals surface area contributed by atoms with E-state index in [0.29, 0.717) is 0 Å². The number of nitro benzene ring substituents is 1. The number of nitrogens with zero attached hydrogens (tertiary/aromatic N) is 1. The van der Waals surface area contributed by atoms with E-state index in [1.54, 1.807) is 0 Å². The van der Waals surface area contributed by atoms with Gasteiger partial charge in [-0.1, -0.05) is 25.1 Å². The maximum Gasteiger partial charge on any atom is 0.336 e. The number of carbonyl (C=O) groups is 1. The maximum atomic E-state index is 13.3. The van der Waals surface area contributed by atoms with Gasteiger partial charge in [0.1, 0.15) is 31.0 Å². The van der Waals surface area contributed by atoms with Crippen molar-refractivity contribution in [3.63, 3.8) is 0 Å². The lowest BCUT2D eigenvalue weighted by Crippen LogP contribution is -2.59. The number of rotatable bonds is 10. The number of benzene rings is 1. The van der Waals surface area contributed by atoms with Gasteiger partial charge in [-0.15, -0.1) is 0 Å². The van der Waals surface area contributed by atoms with E-state index < -0.39 is 70.6 Å². The van der Waals surface area contributed by atoms with E-state index in [1.807, 2.05) is 0 Å². The van der Waals surface area contributed by atoms with Crippen LogP contribution in [0.2, 0.25) is 0 Å². The maximum absolute atomic E-state index is 13.3. The first-order valence-corrected chi connectivity index (χ1v) is 13.7. The summed E-state index contributed by atoms with van der Waals surface area (Å²) in [5, 5.41) is 53.8. The van der Waals surface area contributed by atoms with E-state index in [-0.39, 0.29) is 45.5 Å². The number of carbonyl (C=O) groups excluding carboxylic acids is 1. The number of hydrogen-bond donors (Lipinski definition) is 5. The van der Waals surface area contributed by atoms with Crippen LogP contribution in [0.25, 0.3) is 0 Å². The predicted octanol–water partition coefficient (Wildman–Crippen LogP) is -0.418. The summed E-state index contributed by atoms with van der Waals surface area (Å²) in [4.78, 5) is 24.3. The molecule has 216 valence electrons. The zero-order chi connectivity index (χ0) is 29.1.